The number of amides is 1. The van der Waals surface area contributed by atoms with Crippen LogP contribution in [0.5, 0.6) is 0 Å². The van der Waals surface area contributed by atoms with Gasteiger partial charge in [0, 0.05) is 70.5 Å². The quantitative estimate of drug-likeness (QED) is 0.306. The van der Waals surface area contributed by atoms with Crippen molar-refractivity contribution in [1.29, 1.82) is 0 Å². The zero-order valence-corrected chi connectivity index (χ0v) is 21.6. The third-order valence-corrected chi connectivity index (χ3v) is 6.61. The van der Waals surface area contributed by atoms with E-state index in [9.17, 15) is 4.79 Å². The Morgan fingerprint density at radius 2 is 1.73 bits per heavy atom. The van der Waals surface area contributed by atoms with E-state index in [1.165, 1.54) is 24.8 Å². The molecule has 9 heteroatoms. The summed E-state index contributed by atoms with van der Waals surface area (Å²) >= 11 is 0. The summed E-state index contributed by atoms with van der Waals surface area (Å²) in [5.74, 6) is 1.66. The molecule has 1 aromatic carbocycles. The number of halogens is 1. The topological polar surface area (TPSA) is 85.8 Å². The first-order chi connectivity index (χ1) is 15.7. The van der Waals surface area contributed by atoms with Gasteiger partial charge in [-0.3, -0.25) is 9.79 Å². The van der Waals surface area contributed by atoms with Gasteiger partial charge in [0.05, 0.1) is 0 Å². The van der Waals surface area contributed by atoms with Gasteiger partial charge in [-0.1, -0.05) is 36.8 Å². The van der Waals surface area contributed by atoms with Crippen LogP contribution in [0.1, 0.15) is 31.2 Å². The van der Waals surface area contributed by atoms with Crippen LogP contribution in [0, 0.1) is 0 Å². The van der Waals surface area contributed by atoms with Gasteiger partial charge in [0.2, 0.25) is 11.9 Å². The normalized spacial score (nSPS) is 17.5. The Morgan fingerprint density at radius 3 is 2.33 bits per heavy atom. The van der Waals surface area contributed by atoms with Crippen molar-refractivity contribution in [2.24, 2.45) is 4.99 Å². The van der Waals surface area contributed by atoms with Gasteiger partial charge in [0.25, 0.3) is 0 Å². The monoisotopic (exact) mass is 563 g/mol. The number of guanidine groups is 1. The Labute approximate surface area is 213 Å². The number of nitrogens with zero attached hydrogens (tertiary/aromatic N) is 5. The van der Waals surface area contributed by atoms with Gasteiger partial charge in [-0.25, -0.2) is 9.97 Å². The molecule has 1 saturated carbocycles. The molecule has 2 fully saturated rings. The number of benzene rings is 1. The molecule has 8 nitrogen and oxygen atoms in total. The molecule has 0 bridgehead atoms. The molecule has 0 spiro atoms. The van der Waals surface area contributed by atoms with Gasteiger partial charge in [-0.15, -0.1) is 24.0 Å². The summed E-state index contributed by atoms with van der Waals surface area (Å²) in [4.78, 5) is 29.6. The first-order valence-electron chi connectivity index (χ1n) is 11.5. The summed E-state index contributed by atoms with van der Waals surface area (Å²) in [6.45, 7) is 4.34. The van der Waals surface area contributed by atoms with Gasteiger partial charge < -0.3 is 20.4 Å². The summed E-state index contributed by atoms with van der Waals surface area (Å²) in [6.07, 6.45) is 7.60. The SMILES string of the molecule is CN=C(NCCC(=O)N1CCN(c2ncccn2)CC1)NCC1(c2ccccc2)CCC1.I. The van der Waals surface area contributed by atoms with Crippen LogP contribution in [0.25, 0.3) is 0 Å². The summed E-state index contributed by atoms with van der Waals surface area (Å²) < 4.78 is 0. The lowest BCUT2D eigenvalue weighted by molar-refractivity contribution is -0.131. The van der Waals surface area contributed by atoms with E-state index in [1.807, 2.05) is 11.0 Å². The molecule has 0 unspecified atom stereocenters. The first kappa shape index (κ1) is 25.2. The maximum atomic E-state index is 12.6. The molecule has 33 heavy (non-hydrogen) atoms. The van der Waals surface area contributed by atoms with E-state index in [1.54, 1.807) is 19.4 Å². The van der Waals surface area contributed by atoms with Crippen LogP contribution in [0.2, 0.25) is 0 Å². The minimum Gasteiger partial charge on any atom is -0.356 e. The Hall–Kier alpha value is -2.43. The van der Waals surface area contributed by atoms with E-state index < -0.39 is 0 Å². The summed E-state index contributed by atoms with van der Waals surface area (Å²) in [5.41, 5.74) is 1.58. The molecule has 4 rings (SSSR count). The summed E-state index contributed by atoms with van der Waals surface area (Å²) in [7, 11) is 1.78. The number of carbonyl (C=O) groups excluding carboxylic acids is 1. The Morgan fingerprint density at radius 1 is 1.03 bits per heavy atom. The zero-order valence-electron chi connectivity index (χ0n) is 19.2. The smallest absolute Gasteiger partial charge is 0.225 e. The summed E-state index contributed by atoms with van der Waals surface area (Å²) in [6, 6.07) is 12.5. The van der Waals surface area contributed by atoms with E-state index in [0.717, 1.165) is 31.5 Å². The van der Waals surface area contributed by atoms with E-state index in [0.29, 0.717) is 26.1 Å². The van der Waals surface area contributed by atoms with Crippen molar-refractivity contribution in [1.82, 2.24) is 25.5 Å². The van der Waals surface area contributed by atoms with Crippen LogP contribution in [-0.4, -0.2) is 73.1 Å². The van der Waals surface area contributed by atoms with Crippen molar-refractivity contribution in [3.8, 4) is 0 Å². The minimum atomic E-state index is 0. The van der Waals surface area contributed by atoms with E-state index in [2.05, 4.69) is 60.8 Å². The van der Waals surface area contributed by atoms with Crippen LogP contribution < -0.4 is 15.5 Å². The van der Waals surface area contributed by atoms with Crippen molar-refractivity contribution in [2.45, 2.75) is 31.1 Å². The lowest BCUT2D eigenvalue weighted by Crippen LogP contribution is -2.51. The van der Waals surface area contributed by atoms with Crippen molar-refractivity contribution >= 4 is 41.8 Å². The van der Waals surface area contributed by atoms with Crippen LogP contribution in [0.3, 0.4) is 0 Å². The number of piperazine rings is 1. The molecular formula is C24H34IN7O. The number of aliphatic imine (C=N–C) groups is 1. The molecule has 1 saturated heterocycles. The largest absolute Gasteiger partial charge is 0.356 e. The van der Waals surface area contributed by atoms with Gasteiger partial charge >= 0.3 is 0 Å². The standard InChI is InChI=1S/C24H33N7O.HI/c1-25-22(29-19-24(10-5-11-24)20-7-3-2-4-8-20)26-14-9-21(32)30-15-17-31(18-16-30)23-27-12-6-13-28-23;/h2-4,6-8,12-13H,5,9-11,14-19H2,1H3,(H2,25,26,29);1H. The van der Waals surface area contributed by atoms with Crippen molar-refractivity contribution in [3.05, 3.63) is 54.4 Å². The van der Waals surface area contributed by atoms with Crippen LogP contribution in [-0.2, 0) is 10.2 Å². The van der Waals surface area contributed by atoms with Crippen LogP contribution in [0.4, 0.5) is 5.95 Å². The van der Waals surface area contributed by atoms with E-state index in [-0.39, 0.29) is 35.3 Å². The Bertz CT molecular complexity index is 898. The highest BCUT2D eigenvalue weighted by Crippen LogP contribution is 2.43. The van der Waals surface area contributed by atoms with Gasteiger partial charge in [0.1, 0.15) is 0 Å². The van der Waals surface area contributed by atoms with Crippen molar-refractivity contribution < 1.29 is 4.79 Å². The van der Waals surface area contributed by atoms with Crippen molar-refractivity contribution in [2.75, 3.05) is 51.2 Å². The second kappa shape index (κ2) is 12.2. The molecular weight excluding hydrogens is 529 g/mol. The molecule has 1 aliphatic heterocycles. The number of hydrogen-bond acceptors (Lipinski definition) is 5. The molecule has 2 aromatic rings. The van der Waals surface area contributed by atoms with Crippen molar-refractivity contribution in [3.63, 3.8) is 0 Å². The molecule has 1 aliphatic carbocycles. The summed E-state index contributed by atoms with van der Waals surface area (Å²) in [5, 5.41) is 6.79. The number of anilines is 1. The lowest BCUT2D eigenvalue weighted by Gasteiger charge is -2.43. The van der Waals surface area contributed by atoms with E-state index >= 15 is 0 Å². The first-order valence-corrected chi connectivity index (χ1v) is 11.5. The predicted octanol–water partition coefficient (Wildman–Crippen LogP) is 2.42. The zero-order chi connectivity index (χ0) is 22.2. The fourth-order valence-electron chi connectivity index (χ4n) is 4.49. The predicted molar refractivity (Wildman–Crippen MR) is 142 cm³/mol. The van der Waals surface area contributed by atoms with Gasteiger partial charge in [-0.2, -0.15) is 0 Å². The number of hydrogen-bond donors (Lipinski definition) is 2. The van der Waals surface area contributed by atoms with Crippen LogP contribution in [0.15, 0.2) is 53.8 Å². The average Bonchev–Trinajstić information content (AvgIpc) is 2.83. The fraction of sp³-hybridized carbons (Fsp3) is 0.500. The number of carbonyl (C=O) groups is 1. The maximum Gasteiger partial charge on any atom is 0.225 e. The lowest BCUT2D eigenvalue weighted by atomic mass is 9.64. The third kappa shape index (κ3) is 6.33. The average molecular weight is 563 g/mol. The fourth-order valence-corrected chi connectivity index (χ4v) is 4.49. The highest BCUT2D eigenvalue weighted by atomic mass is 127. The molecule has 1 amide bonds. The molecule has 2 N–H and O–H groups in total. The second-order valence-electron chi connectivity index (χ2n) is 8.52. The van der Waals surface area contributed by atoms with Gasteiger partial charge in [0.15, 0.2) is 5.96 Å². The molecule has 2 heterocycles. The maximum absolute atomic E-state index is 12.6. The highest BCUT2D eigenvalue weighted by Gasteiger charge is 2.38. The molecule has 0 radical (unpaired) electrons. The molecule has 178 valence electrons. The van der Waals surface area contributed by atoms with Crippen LogP contribution >= 0.6 is 24.0 Å². The Kier molecular flexibility index (Phi) is 9.28. The number of rotatable bonds is 7. The minimum absolute atomic E-state index is 0. The third-order valence-electron chi connectivity index (χ3n) is 6.61. The molecule has 2 aliphatic rings. The second-order valence-corrected chi connectivity index (χ2v) is 8.52. The number of nitrogens with one attached hydrogen (secondary N) is 2. The van der Waals surface area contributed by atoms with Gasteiger partial charge in [-0.05, 0) is 24.5 Å². The highest BCUT2D eigenvalue weighted by molar-refractivity contribution is 14.0. The van der Waals surface area contributed by atoms with E-state index in [4.69, 9.17) is 0 Å². The Balaban J connectivity index is 0.00000306. The molecule has 1 aromatic heterocycles. The number of aromatic nitrogens is 2. The molecule has 0 atom stereocenters.